The van der Waals surface area contributed by atoms with Crippen LogP contribution in [0.5, 0.6) is 0 Å². The molecule has 0 fully saturated rings. The van der Waals surface area contributed by atoms with E-state index < -0.39 is 12.7 Å². The SMILES string of the molecule is CCC(C)(C)c1ccc2cc(-c3c(P(O)(O)(O)c4cc5ccc(C(C)(C)CC)cc5cc4C(C)(C)CC)ccc4ccccc34)c(C(C)(C)CC)cc2c1. The molecule has 0 aromatic heterocycles. The molecule has 0 aliphatic rings. The van der Waals surface area contributed by atoms with Crippen molar-refractivity contribution in [3.63, 3.8) is 0 Å². The summed E-state index contributed by atoms with van der Waals surface area (Å²) < 4.78 is 0. The molecule has 6 rings (SSSR count). The third kappa shape index (κ3) is 6.81. The first-order valence-electron chi connectivity index (χ1n) is 20.1. The van der Waals surface area contributed by atoms with Crippen LogP contribution in [-0.4, -0.2) is 14.7 Å². The van der Waals surface area contributed by atoms with E-state index in [0.29, 0.717) is 5.56 Å². The summed E-state index contributed by atoms with van der Waals surface area (Å²) in [6.07, 6.45) is 3.66. The fraction of sp³-hybridized carbons (Fsp3) is 0.400. The molecule has 0 heterocycles. The van der Waals surface area contributed by atoms with Crippen molar-refractivity contribution in [1.82, 2.24) is 0 Å². The molecule has 0 aliphatic carbocycles. The molecule has 0 amide bonds. The van der Waals surface area contributed by atoms with E-state index in [2.05, 4.69) is 150 Å². The molecule has 0 atom stereocenters. The van der Waals surface area contributed by atoms with Crippen LogP contribution in [-0.2, 0) is 21.7 Å². The molecule has 0 radical (unpaired) electrons. The van der Waals surface area contributed by atoms with E-state index in [9.17, 15) is 14.7 Å². The molecule has 3 N–H and O–H groups in total. The minimum atomic E-state index is -5.87. The van der Waals surface area contributed by atoms with Gasteiger partial charge in [-0.15, -0.1) is 0 Å². The Hall–Kier alpha value is -3.59. The molecule has 0 unspecified atom stereocenters. The van der Waals surface area contributed by atoms with Gasteiger partial charge in [0.1, 0.15) is 0 Å². The second kappa shape index (κ2) is 13.6. The third-order valence-corrected chi connectivity index (χ3v) is 16.1. The normalized spacial score (nSPS) is 14.2. The van der Waals surface area contributed by atoms with Gasteiger partial charge in [-0.05, 0) is 0 Å². The number of hydrogen-bond donors (Lipinski definition) is 3. The zero-order valence-corrected chi connectivity index (χ0v) is 35.7. The molecule has 0 aliphatic heterocycles. The number of benzene rings is 6. The molecular weight excluding hydrogens is 680 g/mol. The zero-order chi connectivity index (χ0) is 39.7. The third-order valence-electron chi connectivity index (χ3n) is 13.6. The average molecular weight is 743 g/mol. The monoisotopic (exact) mass is 742 g/mol. The number of fused-ring (bicyclic) bond motifs is 3. The van der Waals surface area contributed by atoms with Crippen LogP contribution in [0.25, 0.3) is 43.4 Å². The topological polar surface area (TPSA) is 60.7 Å². The molecule has 0 bridgehead atoms. The second-order valence-electron chi connectivity index (χ2n) is 18.5. The molecule has 3 nitrogen and oxygen atoms in total. The molecule has 6 aromatic rings. The van der Waals surface area contributed by atoms with E-state index in [0.717, 1.165) is 74.7 Å². The van der Waals surface area contributed by atoms with Crippen molar-refractivity contribution in [2.45, 2.75) is 130 Å². The van der Waals surface area contributed by atoms with Gasteiger partial charge in [0.25, 0.3) is 0 Å². The first-order valence-corrected chi connectivity index (χ1v) is 22.2. The summed E-state index contributed by atoms with van der Waals surface area (Å²) in [7, 11) is -5.87. The van der Waals surface area contributed by atoms with Crippen molar-refractivity contribution in [2.75, 3.05) is 0 Å². The molecule has 0 saturated carbocycles. The Morgan fingerprint density at radius 1 is 0.426 bits per heavy atom. The Balaban J connectivity index is 1.74. The minimum absolute atomic E-state index is 0.00492. The van der Waals surface area contributed by atoms with Gasteiger partial charge in [0.05, 0.1) is 0 Å². The summed E-state index contributed by atoms with van der Waals surface area (Å²) in [5, 5.41) is 6.38. The van der Waals surface area contributed by atoms with Crippen LogP contribution in [0.2, 0.25) is 0 Å². The fourth-order valence-corrected chi connectivity index (χ4v) is 10.3. The Bertz CT molecular complexity index is 2390. The van der Waals surface area contributed by atoms with Crippen molar-refractivity contribution in [1.29, 1.82) is 0 Å². The Morgan fingerprint density at radius 2 is 0.889 bits per heavy atom. The Kier molecular flexibility index (Phi) is 10.1. The summed E-state index contributed by atoms with van der Waals surface area (Å²) in [4.78, 5) is 39.3. The van der Waals surface area contributed by atoms with Crippen LogP contribution in [0.3, 0.4) is 0 Å². The van der Waals surface area contributed by atoms with Gasteiger partial charge < -0.3 is 0 Å². The summed E-state index contributed by atoms with van der Waals surface area (Å²) in [6.45, 7) is 26.7. The van der Waals surface area contributed by atoms with Crippen molar-refractivity contribution in [2.24, 2.45) is 0 Å². The van der Waals surface area contributed by atoms with Gasteiger partial charge >= 0.3 is 326 Å². The molecule has 0 saturated heterocycles. The average Bonchev–Trinajstić information content (AvgIpc) is 3.15. The van der Waals surface area contributed by atoms with Crippen molar-refractivity contribution in [3.8, 4) is 11.1 Å². The Labute approximate surface area is 324 Å². The van der Waals surface area contributed by atoms with E-state index >= 15 is 0 Å². The van der Waals surface area contributed by atoms with Crippen LogP contribution < -0.4 is 10.6 Å². The predicted molar refractivity (Wildman–Crippen MR) is 237 cm³/mol. The first kappa shape index (κ1) is 40.1. The van der Waals surface area contributed by atoms with Crippen LogP contribution in [0, 0.1) is 0 Å². The van der Waals surface area contributed by atoms with Gasteiger partial charge in [0, 0.05) is 0 Å². The zero-order valence-electron chi connectivity index (χ0n) is 34.9. The van der Waals surface area contributed by atoms with Gasteiger partial charge in [-0.2, -0.15) is 0 Å². The summed E-state index contributed by atoms with van der Waals surface area (Å²) in [5.74, 6) is 0. The standard InChI is InChI=1S/C50H63O3P/c1-13-47(5,6)38-24-21-34-29-41(42(30-36(34)27-38)49(9,10)15-3)46-40-20-18-17-19-33(40)23-26-44(46)54(51,52,53)45-32-35-22-25-39(48(7,8)14-2)28-37(35)31-43(45)50(11,12)16-4/h17-32,51-53H,13-16H2,1-12H3. The van der Waals surface area contributed by atoms with E-state index in [1.807, 2.05) is 24.3 Å². The van der Waals surface area contributed by atoms with Gasteiger partial charge in [-0.1, -0.05) is 0 Å². The van der Waals surface area contributed by atoms with E-state index in [-0.39, 0.29) is 26.9 Å². The van der Waals surface area contributed by atoms with E-state index in [4.69, 9.17) is 0 Å². The van der Waals surface area contributed by atoms with Crippen molar-refractivity contribution < 1.29 is 14.7 Å². The van der Waals surface area contributed by atoms with Gasteiger partial charge in [-0.3, -0.25) is 0 Å². The molecule has 4 heteroatoms. The van der Waals surface area contributed by atoms with Crippen molar-refractivity contribution >= 4 is 50.2 Å². The first-order chi connectivity index (χ1) is 25.1. The van der Waals surface area contributed by atoms with Crippen molar-refractivity contribution in [3.05, 3.63) is 119 Å². The summed E-state index contributed by atoms with van der Waals surface area (Å²) in [5.41, 5.74) is 5.32. The van der Waals surface area contributed by atoms with E-state index in [1.165, 1.54) is 11.1 Å². The number of rotatable bonds is 11. The quantitative estimate of drug-likeness (QED) is 0.116. The molecule has 6 aromatic carbocycles. The summed E-state index contributed by atoms with van der Waals surface area (Å²) >= 11 is 0. The maximum absolute atomic E-state index is 13.1. The Morgan fingerprint density at radius 3 is 1.43 bits per heavy atom. The second-order valence-corrected chi connectivity index (χ2v) is 21.4. The van der Waals surface area contributed by atoms with Crippen LogP contribution in [0.1, 0.15) is 131 Å². The molecule has 286 valence electrons. The molecule has 0 spiro atoms. The van der Waals surface area contributed by atoms with E-state index in [1.54, 1.807) is 6.07 Å². The van der Waals surface area contributed by atoms with Gasteiger partial charge in [0.15, 0.2) is 0 Å². The molecular formula is C50H63O3P. The maximum atomic E-state index is 13.1. The van der Waals surface area contributed by atoms with Crippen LogP contribution in [0.4, 0.5) is 0 Å². The number of hydrogen-bond acceptors (Lipinski definition) is 3. The fourth-order valence-electron chi connectivity index (χ4n) is 7.88. The molecule has 54 heavy (non-hydrogen) atoms. The van der Waals surface area contributed by atoms with Gasteiger partial charge in [0.2, 0.25) is 0 Å². The predicted octanol–water partition coefficient (Wildman–Crippen LogP) is 12.8. The summed E-state index contributed by atoms with van der Waals surface area (Å²) in [6, 6.07) is 33.5. The van der Waals surface area contributed by atoms with Crippen LogP contribution in [0.15, 0.2) is 97.1 Å². The van der Waals surface area contributed by atoms with Gasteiger partial charge in [-0.25, -0.2) is 0 Å². The van der Waals surface area contributed by atoms with Crippen LogP contribution >= 0.6 is 7.28 Å².